The molecule has 0 N–H and O–H groups in total. The van der Waals surface area contributed by atoms with E-state index in [4.69, 9.17) is 4.74 Å². The number of nitrogens with zero attached hydrogens (tertiary/aromatic N) is 1. The monoisotopic (exact) mass is 235 g/mol. The zero-order valence-electron chi connectivity index (χ0n) is 9.73. The number of aromatic nitrogens is 1. The first-order valence-corrected chi connectivity index (χ1v) is 5.33. The second-order valence-corrected chi connectivity index (χ2v) is 3.83. The van der Waals surface area contributed by atoms with E-state index in [0.717, 1.165) is 5.56 Å². The van der Waals surface area contributed by atoms with Gasteiger partial charge in [0.2, 0.25) is 5.88 Å². The fourth-order valence-electron chi connectivity index (χ4n) is 2.08. The number of methoxy groups -OCH3 is 2. The third-order valence-electron chi connectivity index (χ3n) is 2.95. The predicted molar refractivity (Wildman–Crippen MR) is 58.9 cm³/mol. The number of carbonyl (C=O) groups excluding carboxylic acids is 2. The highest BCUT2D eigenvalue weighted by Gasteiger charge is 2.36. The van der Waals surface area contributed by atoms with E-state index in [-0.39, 0.29) is 11.7 Å². The largest absolute Gasteiger partial charge is 0.480 e. The van der Waals surface area contributed by atoms with E-state index in [9.17, 15) is 9.59 Å². The molecule has 0 fully saturated rings. The molecule has 0 saturated heterocycles. The van der Waals surface area contributed by atoms with Crippen molar-refractivity contribution in [3.63, 3.8) is 0 Å². The van der Waals surface area contributed by atoms with E-state index in [2.05, 4.69) is 9.72 Å². The van der Waals surface area contributed by atoms with Gasteiger partial charge in [0.1, 0.15) is 5.92 Å². The summed E-state index contributed by atoms with van der Waals surface area (Å²) in [6, 6.07) is 1.78. The molecule has 0 radical (unpaired) electrons. The van der Waals surface area contributed by atoms with Crippen molar-refractivity contribution in [3.8, 4) is 5.88 Å². The average molecular weight is 235 g/mol. The third kappa shape index (κ3) is 1.88. The van der Waals surface area contributed by atoms with Gasteiger partial charge in [0.05, 0.1) is 19.8 Å². The molecule has 1 unspecified atom stereocenters. The number of hydrogen-bond donors (Lipinski definition) is 0. The highest BCUT2D eigenvalue weighted by molar-refractivity contribution is 6.11. The number of Topliss-reactive ketones (excluding diaryl/α,β-unsaturated/α-hetero) is 1. The number of carbonyl (C=O) groups is 2. The van der Waals surface area contributed by atoms with Crippen LogP contribution in [0.5, 0.6) is 5.88 Å². The van der Waals surface area contributed by atoms with Crippen molar-refractivity contribution in [3.05, 3.63) is 23.4 Å². The first-order valence-electron chi connectivity index (χ1n) is 5.33. The van der Waals surface area contributed by atoms with Crippen LogP contribution in [0.3, 0.4) is 0 Å². The fourth-order valence-corrected chi connectivity index (χ4v) is 2.08. The minimum absolute atomic E-state index is 0.261. The first kappa shape index (κ1) is 11.6. The Labute approximate surface area is 98.7 Å². The van der Waals surface area contributed by atoms with Gasteiger partial charge in [-0.15, -0.1) is 0 Å². The van der Waals surface area contributed by atoms with Gasteiger partial charge in [0.15, 0.2) is 5.78 Å². The van der Waals surface area contributed by atoms with Gasteiger partial charge >= 0.3 is 5.97 Å². The predicted octanol–water partition coefficient (Wildman–Crippen LogP) is 1.01. The van der Waals surface area contributed by atoms with Crippen LogP contribution in [0.25, 0.3) is 0 Å². The van der Waals surface area contributed by atoms with Crippen LogP contribution < -0.4 is 4.74 Å². The molecule has 1 aliphatic rings. The summed E-state index contributed by atoms with van der Waals surface area (Å²) in [6.45, 7) is 0. The summed E-state index contributed by atoms with van der Waals surface area (Å²) in [4.78, 5) is 27.6. The first-order chi connectivity index (χ1) is 8.19. The lowest BCUT2D eigenvalue weighted by atomic mass is 9.83. The van der Waals surface area contributed by atoms with Crippen LogP contribution >= 0.6 is 0 Å². The van der Waals surface area contributed by atoms with Crippen molar-refractivity contribution in [1.29, 1.82) is 0 Å². The number of esters is 1. The van der Waals surface area contributed by atoms with Crippen molar-refractivity contribution in [1.82, 2.24) is 4.98 Å². The average Bonchev–Trinajstić information content (AvgIpc) is 2.37. The molecule has 90 valence electrons. The van der Waals surface area contributed by atoms with Crippen molar-refractivity contribution >= 4 is 11.8 Å². The number of ether oxygens (including phenoxy) is 2. The summed E-state index contributed by atoms with van der Waals surface area (Å²) < 4.78 is 9.69. The lowest BCUT2D eigenvalue weighted by Crippen LogP contribution is -2.31. The standard InChI is InChI=1S/C12H13NO4/c1-16-11-9-7(5-6-13-11)3-4-8(10(9)14)12(15)17-2/h5-6,8H,3-4H2,1-2H3. The van der Waals surface area contributed by atoms with E-state index in [1.165, 1.54) is 14.2 Å². The number of aryl methyl sites for hydroxylation is 1. The van der Waals surface area contributed by atoms with Crippen molar-refractivity contribution in [2.24, 2.45) is 5.92 Å². The Hall–Kier alpha value is -1.91. The second kappa shape index (κ2) is 4.53. The molecule has 1 heterocycles. The highest BCUT2D eigenvalue weighted by atomic mass is 16.5. The summed E-state index contributed by atoms with van der Waals surface area (Å²) in [6.07, 6.45) is 2.73. The molecule has 1 aromatic rings. The quantitative estimate of drug-likeness (QED) is 0.565. The molecule has 17 heavy (non-hydrogen) atoms. The molecule has 0 saturated carbocycles. The maximum Gasteiger partial charge on any atom is 0.316 e. The number of ketones is 1. The maximum absolute atomic E-state index is 12.2. The highest BCUT2D eigenvalue weighted by Crippen LogP contribution is 2.31. The van der Waals surface area contributed by atoms with Gasteiger partial charge in [0.25, 0.3) is 0 Å². The van der Waals surface area contributed by atoms with Crippen LogP contribution in [0.2, 0.25) is 0 Å². The summed E-state index contributed by atoms with van der Waals surface area (Å²) >= 11 is 0. The van der Waals surface area contributed by atoms with Crippen LogP contribution in [-0.2, 0) is 16.0 Å². The molecule has 2 rings (SSSR count). The Bertz CT molecular complexity index is 455. The summed E-state index contributed by atoms with van der Waals surface area (Å²) in [5.74, 6) is -1.21. The summed E-state index contributed by atoms with van der Waals surface area (Å²) in [5, 5.41) is 0. The summed E-state index contributed by atoms with van der Waals surface area (Å²) in [5.41, 5.74) is 1.29. The molecule has 0 aliphatic heterocycles. The third-order valence-corrected chi connectivity index (χ3v) is 2.95. The van der Waals surface area contributed by atoms with Gasteiger partial charge in [-0.2, -0.15) is 0 Å². The zero-order valence-corrected chi connectivity index (χ0v) is 9.73. The SMILES string of the molecule is COC(=O)C1CCc2ccnc(OC)c2C1=O. The molecule has 1 aromatic heterocycles. The molecule has 0 spiro atoms. The summed E-state index contributed by atoms with van der Waals surface area (Å²) in [7, 11) is 2.74. The molecular formula is C12H13NO4. The molecule has 1 atom stereocenters. The van der Waals surface area contributed by atoms with Crippen molar-refractivity contribution < 1.29 is 19.1 Å². The van der Waals surface area contributed by atoms with Crippen LogP contribution in [0, 0.1) is 5.92 Å². The molecule has 5 heteroatoms. The minimum atomic E-state index is -0.731. The Balaban J connectivity index is 2.44. The number of pyridine rings is 1. The second-order valence-electron chi connectivity index (χ2n) is 3.83. The molecular weight excluding hydrogens is 222 g/mol. The lowest BCUT2D eigenvalue weighted by Gasteiger charge is -2.22. The van der Waals surface area contributed by atoms with Gasteiger partial charge in [-0.3, -0.25) is 9.59 Å². The Morgan fingerprint density at radius 3 is 2.88 bits per heavy atom. The molecule has 0 amide bonds. The van der Waals surface area contributed by atoms with Crippen LogP contribution in [0.1, 0.15) is 22.3 Å². The Morgan fingerprint density at radius 1 is 1.47 bits per heavy atom. The smallest absolute Gasteiger partial charge is 0.316 e. The number of rotatable bonds is 2. The van der Waals surface area contributed by atoms with E-state index >= 15 is 0 Å². The zero-order chi connectivity index (χ0) is 12.4. The van der Waals surface area contributed by atoms with Crippen LogP contribution in [-0.4, -0.2) is 31.0 Å². The maximum atomic E-state index is 12.2. The van der Waals surface area contributed by atoms with E-state index in [0.29, 0.717) is 18.4 Å². The van der Waals surface area contributed by atoms with Gasteiger partial charge < -0.3 is 9.47 Å². The number of fused-ring (bicyclic) bond motifs is 1. The lowest BCUT2D eigenvalue weighted by molar-refractivity contribution is -0.143. The topological polar surface area (TPSA) is 65.5 Å². The fraction of sp³-hybridized carbons (Fsp3) is 0.417. The van der Waals surface area contributed by atoms with E-state index in [1.807, 2.05) is 0 Å². The molecule has 0 bridgehead atoms. The van der Waals surface area contributed by atoms with Gasteiger partial charge in [-0.05, 0) is 24.5 Å². The van der Waals surface area contributed by atoms with Crippen LogP contribution in [0.15, 0.2) is 12.3 Å². The van der Waals surface area contributed by atoms with Crippen molar-refractivity contribution in [2.75, 3.05) is 14.2 Å². The normalized spacial score (nSPS) is 18.5. The Morgan fingerprint density at radius 2 is 2.24 bits per heavy atom. The van der Waals surface area contributed by atoms with Gasteiger partial charge in [-0.25, -0.2) is 4.98 Å². The van der Waals surface area contributed by atoms with Crippen LogP contribution in [0.4, 0.5) is 0 Å². The van der Waals surface area contributed by atoms with Gasteiger partial charge in [0, 0.05) is 6.20 Å². The van der Waals surface area contributed by atoms with E-state index < -0.39 is 11.9 Å². The molecule has 5 nitrogen and oxygen atoms in total. The Kier molecular flexibility index (Phi) is 3.08. The molecule has 0 aromatic carbocycles. The van der Waals surface area contributed by atoms with Gasteiger partial charge in [-0.1, -0.05) is 0 Å². The minimum Gasteiger partial charge on any atom is -0.480 e. The number of hydrogen-bond acceptors (Lipinski definition) is 5. The van der Waals surface area contributed by atoms with Crippen molar-refractivity contribution in [2.45, 2.75) is 12.8 Å². The van der Waals surface area contributed by atoms with E-state index in [1.54, 1.807) is 12.3 Å². The molecule has 1 aliphatic carbocycles.